The van der Waals surface area contributed by atoms with Crippen LogP contribution in [0.4, 0.5) is 13.2 Å². The lowest BCUT2D eigenvalue weighted by Gasteiger charge is -2.42. The minimum atomic E-state index is -3.09. The van der Waals surface area contributed by atoms with Gasteiger partial charge in [-0.1, -0.05) is 12.1 Å². The number of nitrogens with zero attached hydrogens (tertiary/aromatic N) is 2. The molecular weight excluding hydrogens is 435 g/mol. The van der Waals surface area contributed by atoms with Crippen molar-refractivity contribution in [1.29, 1.82) is 0 Å². The van der Waals surface area contributed by atoms with Crippen LogP contribution in [0.3, 0.4) is 0 Å². The van der Waals surface area contributed by atoms with E-state index in [4.69, 9.17) is 4.74 Å². The number of alkyl halides is 3. The number of carbonyl (C=O) groups is 1. The molecule has 0 amide bonds. The van der Waals surface area contributed by atoms with Crippen LogP contribution in [-0.2, 0) is 6.54 Å². The van der Waals surface area contributed by atoms with Gasteiger partial charge in [-0.25, -0.2) is 18.0 Å². The normalized spacial score (nSPS) is 18.7. The summed E-state index contributed by atoms with van der Waals surface area (Å²) in [5.74, 6) is -0.331. The van der Waals surface area contributed by atoms with Crippen LogP contribution in [0, 0.1) is 6.92 Å². The second kappa shape index (κ2) is 9.44. The number of ether oxygens (including phenoxy) is 1. The molecule has 33 heavy (non-hydrogen) atoms. The predicted octanol–water partition coefficient (Wildman–Crippen LogP) is 4.60. The molecule has 1 aliphatic rings. The lowest BCUT2D eigenvalue weighted by atomic mass is 9.98. The summed E-state index contributed by atoms with van der Waals surface area (Å²) in [6.45, 7) is 3.02. The Morgan fingerprint density at radius 3 is 2.58 bits per heavy atom. The van der Waals surface area contributed by atoms with Crippen molar-refractivity contribution in [3.63, 3.8) is 0 Å². The molecule has 4 rings (SSSR count). The minimum absolute atomic E-state index is 0.0579. The van der Waals surface area contributed by atoms with Crippen molar-refractivity contribution in [3.8, 4) is 5.75 Å². The molecule has 2 N–H and O–H groups in total. The van der Waals surface area contributed by atoms with Gasteiger partial charge in [-0.2, -0.15) is 0 Å². The second-order valence-electron chi connectivity index (χ2n) is 8.26. The van der Waals surface area contributed by atoms with E-state index < -0.39 is 24.7 Å². The number of aryl methyl sites for hydroxylation is 1. The molecule has 6 nitrogen and oxygen atoms in total. The fraction of sp³-hybridized carbons (Fsp3) is 0.375. The Balaban J connectivity index is 1.70. The smallest absolute Gasteiger partial charge is 0.335 e. The zero-order valence-corrected chi connectivity index (χ0v) is 18.4. The third kappa shape index (κ3) is 4.56. The topological polar surface area (TPSA) is 68.8 Å². The molecule has 0 radical (unpaired) electrons. The van der Waals surface area contributed by atoms with Crippen molar-refractivity contribution in [2.75, 3.05) is 26.7 Å². The van der Waals surface area contributed by atoms with Gasteiger partial charge >= 0.3 is 5.97 Å². The summed E-state index contributed by atoms with van der Waals surface area (Å²) < 4.78 is 46.0. The Bertz CT molecular complexity index is 1130. The maximum Gasteiger partial charge on any atom is 0.335 e. The molecule has 0 bridgehead atoms. The number of methoxy groups -OCH3 is 1. The van der Waals surface area contributed by atoms with Gasteiger partial charge in [-0.15, -0.1) is 0 Å². The summed E-state index contributed by atoms with van der Waals surface area (Å²) in [7, 11) is 1.60. The first-order chi connectivity index (χ1) is 15.8. The number of rotatable bonds is 7. The molecule has 0 spiro atoms. The van der Waals surface area contributed by atoms with Gasteiger partial charge in [0.2, 0.25) is 6.30 Å². The summed E-state index contributed by atoms with van der Waals surface area (Å²) in [5, 5.41) is 10.2. The molecule has 2 aromatic carbocycles. The first kappa shape index (κ1) is 23.1. The van der Waals surface area contributed by atoms with E-state index in [1.54, 1.807) is 19.2 Å². The Morgan fingerprint density at radius 2 is 1.94 bits per heavy atom. The maximum atomic E-state index is 14.2. The highest BCUT2D eigenvalue weighted by atomic mass is 19.3. The van der Waals surface area contributed by atoms with Gasteiger partial charge in [-0.05, 0) is 42.3 Å². The van der Waals surface area contributed by atoms with Gasteiger partial charge in [0.25, 0.3) is 6.43 Å². The standard InChI is InChI=1S/C24H26F3N3O3/c1-14-11-20(33-2)18(17-7-8-28-21(14)17)12-29-9-10-30(23(27)22(25)26)13-19(29)15-3-5-16(6-4-15)24(31)32/h3-8,11,19,22-23,28H,9-10,12-13H2,1-2H3,(H,31,32). The van der Waals surface area contributed by atoms with Crippen LogP contribution in [0.1, 0.15) is 33.1 Å². The molecule has 1 fully saturated rings. The van der Waals surface area contributed by atoms with Crippen LogP contribution in [0.25, 0.3) is 10.9 Å². The van der Waals surface area contributed by atoms with E-state index in [1.165, 1.54) is 12.1 Å². The van der Waals surface area contributed by atoms with E-state index in [-0.39, 0.29) is 18.7 Å². The number of carboxylic acids is 1. The van der Waals surface area contributed by atoms with Crippen molar-refractivity contribution < 1.29 is 27.8 Å². The maximum absolute atomic E-state index is 14.2. The van der Waals surface area contributed by atoms with Crippen molar-refractivity contribution in [2.24, 2.45) is 0 Å². The van der Waals surface area contributed by atoms with E-state index in [0.29, 0.717) is 13.1 Å². The van der Waals surface area contributed by atoms with Gasteiger partial charge in [0, 0.05) is 54.9 Å². The average molecular weight is 461 g/mol. The number of aromatic amines is 1. The summed E-state index contributed by atoms with van der Waals surface area (Å²) >= 11 is 0. The SMILES string of the molecule is COc1cc(C)c2[nH]ccc2c1CN1CCN(C(F)C(F)F)CC1c1ccc(C(=O)O)cc1. The lowest BCUT2D eigenvalue weighted by Crippen LogP contribution is -2.52. The van der Waals surface area contributed by atoms with Crippen LogP contribution in [0.2, 0.25) is 0 Å². The number of aromatic carboxylic acids is 1. The number of hydrogen-bond donors (Lipinski definition) is 2. The average Bonchev–Trinajstić information content (AvgIpc) is 3.31. The lowest BCUT2D eigenvalue weighted by molar-refractivity contribution is -0.0793. The Labute approximate surface area is 189 Å². The molecule has 1 aromatic heterocycles. The molecule has 0 aliphatic carbocycles. The number of H-pyrrole nitrogens is 1. The number of nitrogens with one attached hydrogen (secondary N) is 1. The molecule has 2 unspecified atom stereocenters. The highest BCUT2D eigenvalue weighted by molar-refractivity contribution is 5.88. The number of aromatic nitrogens is 1. The molecule has 176 valence electrons. The first-order valence-electron chi connectivity index (χ1n) is 10.7. The number of carboxylic acid groups (broad SMARTS) is 1. The Hall–Kier alpha value is -3.04. The predicted molar refractivity (Wildman–Crippen MR) is 119 cm³/mol. The molecule has 1 saturated heterocycles. The molecule has 3 aromatic rings. The molecule has 1 aliphatic heterocycles. The zero-order valence-electron chi connectivity index (χ0n) is 18.4. The fourth-order valence-corrected chi connectivity index (χ4v) is 4.56. The van der Waals surface area contributed by atoms with E-state index in [2.05, 4.69) is 9.88 Å². The monoisotopic (exact) mass is 461 g/mol. The summed E-state index contributed by atoms with van der Waals surface area (Å²) in [5.41, 5.74) is 3.85. The quantitative estimate of drug-likeness (QED) is 0.504. The van der Waals surface area contributed by atoms with E-state index in [1.807, 2.05) is 25.3 Å². The van der Waals surface area contributed by atoms with Crippen LogP contribution in [-0.4, -0.2) is 65.3 Å². The molecule has 2 atom stereocenters. The van der Waals surface area contributed by atoms with Crippen LogP contribution >= 0.6 is 0 Å². The van der Waals surface area contributed by atoms with E-state index >= 15 is 0 Å². The van der Waals surface area contributed by atoms with Crippen molar-refractivity contribution >= 4 is 16.9 Å². The fourth-order valence-electron chi connectivity index (χ4n) is 4.56. The van der Waals surface area contributed by atoms with E-state index in [0.717, 1.165) is 38.2 Å². The van der Waals surface area contributed by atoms with Crippen molar-refractivity contribution in [2.45, 2.75) is 32.2 Å². The number of hydrogen-bond acceptors (Lipinski definition) is 4. The molecular formula is C24H26F3N3O3. The largest absolute Gasteiger partial charge is 0.496 e. The summed E-state index contributed by atoms with van der Waals surface area (Å²) in [6.07, 6.45) is -3.58. The minimum Gasteiger partial charge on any atom is -0.496 e. The van der Waals surface area contributed by atoms with Gasteiger partial charge in [0.15, 0.2) is 0 Å². The summed E-state index contributed by atoms with van der Waals surface area (Å²) in [6, 6.07) is 9.81. The zero-order chi connectivity index (χ0) is 23.7. The highest BCUT2D eigenvalue weighted by Gasteiger charge is 2.36. The Kier molecular flexibility index (Phi) is 6.62. The molecule has 2 heterocycles. The third-order valence-electron chi connectivity index (χ3n) is 6.31. The first-order valence-corrected chi connectivity index (χ1v) is 10.7. The Morgan fingerprint density at radius 1 is 1.21 bits per heavy atom. The number of fused-ring (bicyclic) bond motifs is 1. The molecule has 0 saturated carbocycles. The van der Waals surface area contributed by atoms with Crippen LogP contribution in [0.15, 0.2) is 42.6 Å². The van der Waals surface area contributed by atoms with Gasteiger partial charge in [0.1, 0.15) is 5.75 Å². The third-order valence-corrected chi connectivity index (χ3v) is 6.31. The number of piperazine rings is 1. The van der Waals surface area contributed by atoms with Crippen molar-refractivity contribution in [3.05, 3.63) is 64.8 Å². The van der Waals surface area contributed by atoms with Crippen LogP contribution < -0.4 is 4.74 Å². The van der Waals surface area contributed by atoms with Crippen molar-refractivity contribution in [1.82, 2.24) is 14.8 Å². The van der Waals surface area contributed by atoms with E-state index in [9.17, 15) is 23.1 Å². The van der Waals surface area contributed by atoms with Crippen LogP contribution in [0.5, 0.6) is 5.75 Å². The second-order valence-corrected chi connectivity index (χ2v) is 8.26. The van der Waals surface area contributed by atoms with Gasteiger partial charge < -0.3 is 14.8 Å². The van der Waals surface area contributed by atoms with Gasteiger partial charge in [0.05, 0.1) is 12.7 Å². The molecule has 9 heteroatoms. The summed E-state index contributed by atoms with van der Waals surface area (Å²) in [4.78, 5) is 17.7. The van der Waals surface area contributed by atoms with Gasteiger partial charge in [-0.3, -0.25) is 9.80 Å². The highest BCUT2D eigenvalue weighted by Crippen LogP contribution is 2.35. The number of benzene rings is 2. The number of halogens is 3.